The number of hydrogen-bond donors (Lipinski definition) is 1. The summed E-state index contributed by atoms with van der Waals surface area (Å²) < 4.78 is 4.15. The Morgan fingerprint density at radius 3 is 2.81 bits per heavy atom. The van der Waals surface area contributed by atoms with Crippen LogP contribution in [0.5, 0.6) is 0 Å². The highest BCUT2D eigenvalue weighted by Crippen LogP contribution is 2.32. The number of hydrogen-bond acceptors (Lipinski definition) is 3. The summed E-state index contributed by atoms with van der Waals surface area (Å²) >= 11 is 0. The molecule has 0 aliphatic carbocycles. The lowest BCUT2D eigenvalue weighted by atomic mass is 9.99. The second kappa shape index (κ2) is 7.58. The van der Waals surface area contributed by atoms with Gasteiger partial charge >= 0.3 is 5.97 Å². The first-order valence-corrected chi connectivity index (χ1v) is 10.5. The third-order valence-electron chi connectivity index (χ3n) is 6.40. The lowest BCUT2D eigenvalue weighted by Crippen LogP contribution is -2.43. The van der Waals surface area contributed by atoms with E-state index in [0.29, 0.717) is 13.0 Å². The number of carbonyl (C=O) groups is 2. The SMILES string of the molecule is CN(C(=O)Cc1cnc2ccccn12)[C@@H]1CCc2c(CC(=O)O)c3ccccc3n2C1. The zero-order valence-corrected chi connectivity index (χ0v) is 17.4. The average molecular weight is 416 g/mol. The number of pyridine rings is 1. The monoisotopic (exact) mass is 416 g/mol. The molecule has 0 bridgehead atoms. The van der Waals surface area contributed by atoms with E-state index in [2.05, 4.69) is 9.55 Å². The van der Waals surface area contributed by atoms with Gasteiger partial charge < -0.3 is 19.0 Å². The van der Waals surface area contributed by atoms with Crippen molar-refractivity contribution in [3.05, 3.63) is 71.8 Å². The molecule has 0 unspecified atom stereocenters. The maximum absolute atomic E-state index is 13.1. The fourth-order valence-electron chi connectivity index (χ4n) is 4.79. The van der Waals surface area contributed by atoms with Crippen molar-refractivity contribution in [2.45, 2.75) is 38.3 Å². The summed E-state index contributed by atoms with van der Waals surface area (Å²) in [4.78, 5) is 30.7. The molecule has 1 aliphatic rings. The van der Waals surface area contributed by atoms with E-state index in [1.807, 2.05) is 65.0 Å². The van der Waals surface area contributed by atoms with E-state index in [1.54, 1.807) is 6.20 Å². The molecular weight excluding hydrogens is 392 g/mol. The minimum Gasteiger partial charge on any atom is -0.481 e. The molecule has 7 nitrogen and oxygen atoms in total. The molecule has 4 aromatic rings. The molecule has 3 aromatic heterocycles. The lowest BCUT2D eigenvalue weighted by Gasteiger charge is -2.33. The van der Waals surface area contributed by atoms with E-state index in [-0.39, 0.29) is 18.4 Å². The topological polar surface area (TPSA) is 79.8 Å². The van der Waals surface area contributed by atoms with Crippen LogP contribution in [0.2, 0.25) is 0 Å². The van der Waals surface area contributed by atoms with Crippen LogP contribution < -0.4 is 0 Å². The number of aliphatic carboxylic acids is 1. The second-order valence-electron chi connectivity index (χ2n) is 8.18. The van der Waals surface area contributed by atoms with Gasteiger partial charge in [0.05, 0.1) is 18.5 Å². The first-order valence-electron chi connectivity index (χ1n) is 10.5. The van der Waals surface area contributed by atoms with E-state index in [4.69, 9.17) is 0 Å². The van der Waals surface area contributed by atoms with Crippen molar-refractivity contribution in [1.29, 1.82) is 0 Å². The second-order valence-corrected chi connectivity index (χ2v) is 8.18. The van der Waals surface area contributed by atoms with E-state index in [1.165, 1.54) is 0 Å². The van der Waals surface area contributed by atoms with E-state index in [0.717, 1.165) is 46.3 Å². The van der Waals surface area contributed by atoms with Gasteiger partial charge in [0.1, 0.15) is 5.65 Å². The smallest absolute Gasteiger partial charge is 0.307 e. The highest BCUT2D eigenvalue weighted by atomic mass is 16.4. The Hall–Kier alpha value is -3.61. The molecule has 158 valence electrons. The molecule has 1 amide bonds. The van der Waals surface area contributed by atoms with Gasteiger partial charge in [-0.15, -0.1) is 0 Å². The van der Waals surface area contributed by atoms with Gasteiger partial charge in [0, 0.05) is 48.6 Å². The van der Waals surface area contributed by atoms with Crippen molar-refractivity contribution in [3.8, 4) is 0 Å². The third-order valence-corrected chi connectivity index (χ3v) is 6.40. The molecule has 5 rings (SSSR count). The van der Waals surface area contributed by atoms with Gasteiger partial charge in [0.2, 0.25) is 5.91 Å². The Morgan fingerprint density at radius 1 is 1.16 bits per heavy atom. The highest BCUT2D eigenvalue weighted by molar-refractivity contribution is 5.89. The highest BCUT2D eigenvalue weighted by Gasteiger charge is 2.29. The molecule has 0 saturated heterocycles. The zero-order chi connectivity index (χ0) is 21.5. The molecule has 4 heterocycles. The minimum absolute atomic E-state index is 0.0244. The van der Waals surface area contributed by atoms with Gasteiger partial charge in [0.15, 0.2) is 0 Å². The molecule has 1 aromatic carbocycles. The molecule has 0 fully saturated rings. The number of carbonyl (C=O) groups excluding carboxylic acids is 1. The van der Waals surface area contributed by atoms with Gasteiger partial charge in [-0.05, 0) is 36.6 Å². The fourth-order valence-corrected chi connectivity index (χ4v) is 4.79. The minimum atomic E-state index is -0.818. The molecule has 0 spiro atoms. The predicted molar refractivity (Wildman–Crippen MR) is 117 cm³/mol. The molecular formula is C24H24N4O3. The molecule has 1 atom stereocenters. The molecule has 1 aliphatic heterocycles. The van der Waals surface area contributed by atoms with Gasteiger partial charge in [-0.3, -0.25) is 9.59 Å². The Labute approximate surface area is 179 Å². The Bertz CT molecular complexity index is 1300. The number of nitrogens with zero attached hydrogens (tertiary/aromatic N) is 4. The van der Waals surface area contributed by atoms with Gasteiger partial charge in [-0.1, -0.05) is 24.3 Å². The van der Waals surface area contributed by atoms with Crippen molar-refractivity contribution in [3.63, 3.8) is 0 Å². The van der Waals surface area contributed by atoms with Crippen LogP contribution in [0.25, 0.3) is 16.6 Å². The number of fused-ring (bicyclic) bond motifs is 4. The molecule has 1 N–H and O–H groups in total. The molecule has 0 radical (unpaired) electrons. The van der Waals surface area contributed by atoms with Crippen molar-refractivity contribution >= 4 is 28.4 Å². The maximum atomic E-state index is 13.1. The summed E-state index contributed by atoms with van der Waals surface area (Å²) in [5.74, 6) is -0.761. The van der Waals surface area contributed by atoms with E-state index < -0.39 is 5.97 Å². The van der Waals surface area contributed by atoms with E-state index >= 15 is 0 Å². The number of rotatable bonds is 5. The van der Waals surface area contributed by atoms with Gasteiger partial charge in [-0.25, -0.2) is 4.98 Å². The van der Waals surface area contributed by atoms with E-state index in [9.17, 15) is 14.7 Å². The maximum Gasteiger partial charge on any atom is 0.307 e. The Kier molecular flexibility index (Phi) is 4.73. The van der Waals surface area contributed by atoms with Crippen molar-refractivity contribution in [2.24, 2.45) is 0 Å². The summed E-state index contributed by atoms with van der Waals surface area (Å²) in [6, 6.07) is 13.8. The molecule has 0 saturated carbocycles. The largest absolute Gasteiger partial charge is 0.481 e. The number of para-hydroxylation sites is 1. The third kappa shape index (κ3) is 3.36. The summed E-state index contributed by atoms with van der Waals surface area (Å²) in [6.07, 6.45) is 5.58. The number of carboxylic acids is 1. The van der Waals surface area contributed by atoms with Gasteiger partial charge in [-0.2, -0.15) is 0 Å². The number of carboxylic acid groups (broad SMARTS) is 1. The van der Waals surface area contributed by atoms with Crippen LogP contribution in [-0.2, 0) is 35.4 Å². The van der Waals surface area contributed by atoms with Crippen molar-refractivity contribution < 1.29 is 14.7 Å². The van der Waals surface area contributed by atoms with Crippen LogP contribution in [0.3, 0.4) is 0 Å². The lowest BCUT2D eigenvalue weighted by molar-refractivity contribution is -0.136. The summed E-state index contributed by atoms with van der Waals surface area (Å²) in [5.41, 5.74) is 4.74. The zero-order valence-electron chi connectivity index (χ0n) is 17.4. The van der Waals surface area contributed by atoms with Crippen LogP contribution in [0, 0.1) is 0 Å². The fraction of sp³-hybridized carbons (Fsp3) is 0.292. The number of likely N-dealkylation sites (N-methyl/N-ethyl adjacent to an activating group) is 1. The van der Waals surface area contributed by atoms with Crippen LogP contribution >= 0.6 is 0 Å². The van der Waals surface area contributed by atoms with Crippen LogP contribution in [0.15, 0.2) is 54.9 Å². The van der Waals surface area contributed by atoms with Crippen molar-refractivity contribution in [1.82, 2.24) is 18.9 Å². The van der Waals surface area contributed by atoms with Gasteiger partial charge in [0.25, 0.3) is 0 Å². The number of imidazole rings is 1. The first-order chi connectivity index (χ1) is 15.0. The first kappa shape index (κ1) is 19.4. The summed E-state index contributed by atoms with van der Waals surface area (Å²) in [6.45, 7) is 0.671. The average Bonchev–Trinajstić information content (AvgIpc) is 3.32. The van der Waals surface area contributed by atoms with Crippen LogP contribution in [-0.4, -0.2) is 48.9 Å². The number of aromatic nitrogens is 3. The molecule has 31 heavy (non-hydrogen) atoms. The van der Waals surface area contributed by atoms with Crippen LogP contribution in [0.4, 0.5) is 0 Å². The normalized spacial score (nSPS) is 15.8. The standard InChI is InChI=1S/C24H24N4O3/c1-26(23(29)12-17-14-25-22-8-4-5-11-27(17)22)16-9-10-21-19(13-24(30)31)18-6-2-3-7-20(18)28(21)15-16/h2-8,11,14,16H,9-10,12-13,15H2,1H3,(H,30,31)/t16-/m1/s1. The quantitative estimate of drug-likeness (QED) is 0.543. The number of amides is 1. The predicted octanol–water partition coefficient (Wildman–Crippen LogP) is 2.93. The van der Waals surface area contributed by atoms with Crippen molar-refractivity contribution in [2.75, 3.05) is 7.05 Å². The number of benzene rings is 1. The summed E-state index contributed by atoms with van der Waals surface area (Å²) in [5, 5.41) is 10.4. The summed E-state index contributed by atoms with van der Waals surface area (Å²) in [7, 11) is 1.87. The van der Waals surface area contributed by atoms with Crippen LogP contribution in [0.1, 0.15) is 23.4 Å². The Balaban J connectivity index is 1.40. The Morgan fingerprint density at radius 2 is 1.97 bits per heavy atom. The molecule has 7 heteroatoms.